The molecule has 0 bridgehead atoms. The molecule has 0 spiro atoms. The molecule has 0 radical (unpaired) electrons. The lowest BCUT2D eigenvalue weighted by Gasteiger charge is -2.42. The van der Waals surface area contributed by atoms with E-state index in [1.807, 2.05) is 27.7 Å². The highest BCUT2D eigenvalue weighted by molar-refractivity contribution is 4.96. The molecule has 0 aliphatic heterocycles. The van der Waals surface area contributed by atoms with Crippen molar-refractivity contribution < 1.29 is 77.1 Å². The molecule has 0 aliphatic rings. The third-order valence-electron chi connectivity index (χ3n) is 8.14. The van der Waals surface area contributed by atoms with E-state index >= 15 is 0 Å². The van der Waals surface area contributed by atoms with Crippen LogP contribution in [0.15, 0.2) is 0 Å². The van der Waals surface area contributed by atoms with Crippen molar-refractivity contribution in [1.82, 2.24) is 0 Å². The standard InChI is InChI=1S/C27H44F8O5.C11H20O2.CH2F2/c1-13-15-36-20(4,5)14-16-37-21(6,7)17-25(30,31)40-23(10,11)26(32,33)27(34,35)39-19(3)18(2)38-22(8,9)24(12,28)29;1-6-8-13-11(4,5)7-9-12-10(2)3;2-1-3/h1,18-19H,14-17H2,2-12H3;1,10H,7-9H2,2-5H3;1H2. The second-order valence-corrected chi connectivity index (χ2v) is 16.2. The van der Waals surface area contributed by atoms with Crippen LogP contribution in [0.3, 0.4) is 0 Å². The summed E-state index contributed by atoms with van der Waals surface area (Å²) in [5.41, 5.74) is -8.14. The zero-order chi connectivity index (χ0) is 45.3. The maximum atomic E-state index is 15.0. The predicted octanol–water partition coefficient (Wildman–Crippen LogP) is 11.0. The van der Waals surface area contributed by atoms with Crippen LogP contribution in [-0.2, 0) is 33.2 Å². The van der Waals surface area contributed by atoms with Crippen molar-refractivity contribution in [2.45, 2.75) is 193 Å². The Labute approximate surface area is 328 Å². The number of alkyl halides is 10. The lowest BCUT2D eigenvalue weighted by molar-refractivity contribution is -0.430. The van der Waals surface area contributed by atoms with Crippen LogP contribution in [0.1, 0.15) is 123 Å². The molecule has 0 heterocycles. The Morgan fingerprint density at radius 2 is 0.946 bits per heavy atom. The number of rotatable bonds is 24. The van der Waals surface area contributed by atoms with Crippen LogP contribution in [0.5, 0.6) is 0 Å². The predicted molar refractivity (Wildman–Crippen MR) is 196 cm³/mol. The van der Waals surface area contributed by atoms with Crippen molar-refractivity contribution in [2.24, 2.45) is 0 Å². The number of halogens is 10. The first-order chi connectivity index (χ1) is 24.8. The number of ether oxygens (including phenoxy) is 7. The average Bonchev–Trinajstić information content (AvgIpc) is 2.97. The van der Waals surface area contributed by atoms with Crippen molar-refractivity contribution >= 4 is 0 Å². The topological polar surface area (TPSA) is 64.6 Å². The Hall–Kier alpha value is -1.86. The summed E-state index contributed by atoms with van der Waals surface area (Å²) in [6.07, 6.45) is -2.63. The first kappa shape index (κ1) is 58.5. The minimum atomic E-state index is -5.35. The second kappa shape index (κ2) is 23.7. The first-order valence-electron chi connectivity index (χ1n) is 17.9. The fraction of sp³-hybridized carbons (Fsp3) is 0.897. The highest BCUT2D eigenvalue weighted by atomic mass is 19.3. The molecule has 0 saturated heterocycles. The van der Waals surface area contributed by atoms with Crippen molar-refractivity contribution in [3.63, 3.8) is 0 Å². The number of hydrogen-bond donors (Lipinski definition) is 0. The summed E-state index contributed by atoms with van der Waals surface area (Å²) >= 11 is 0. The van der Waals surface area contributed by atoms with E-state index in [9.17, 15) is 43.9 Å². The molecule has 0 aliphatic carbocycles. The molecule has 0 N–H and O–H groups in total. The summed E-state index contributed by atoms with van der Waals surface area (Å²) in [6.45, 7) is 18.5. The zero-order valence-corrected chi connectivity index (χ0v) is 35.7. The van der Waals surface area contributed by atoms with Gasteiger partial charge in [0.15, 0.2) is 0 Å². The summed E-state index contributed by atoms with van der Waals surface area (Å²) < 4.78 is 171. The van der Waals surface area contributed by atoms with Crippen molar-refractivity contribution in [2.75, 3.05) is 33.4 Å². The molecule has 17 heteroatoms. The van der Waals surface area contributed by atoms with E-state index in [2.05, 4.69) is 21.3 Å². The minimum Gasteiger partial charge on any atom is -0.379 e. The van der Waals surface area contributed by atoms with Gasteiger partial charge in [-0.05, 0) is 110 Å². The third kappa shape index (κ3) is 23.5. The van der Waals surface area contributed by atoms with Gasteiger partial charge in [-0.3, -0.25) is 0 Å². The largest absolute Gasteiger partial charge is 0.422 e. The molecular formula is C39H66F10O7. The fourth-order valence-corrected chi connectivity index (χ4v) is 4.17. The van der Waals surface area contributed by atoms with Gasteiger partial charge in [-0.2, -0.15) is 26.3 Å². The quantitative estimate of drug-likeness (QED) is 0.0709. The Morgan fingerprint density at radius 1 is 0.554 bits per heavy atom. The van der Waals surface area contributed by atoms with Crippen LogP contribution in [-0.4, -0.2) is 104 Å². The SMILES string of the molecule is C#CCOC(C)(C)CCOC(C)(C)CC(F)(F)OC(C)(C)C(F)(F)C(F)(F)OC(C)C(C)OC(C)(C)C(C)(F)F.C#CCOC(C)(C)CCOC(C)C.FCF. The van der Waals surface area contributed by atoms with Gasteiger partial charge >= 0.3 is 18.1 Å². The van der Waals surface area contributed by atoms with E-state index in [1.165, 1.54) is 13.8 Å². The Kier molecular flexibility index (Phi) is 24.7. The monoisotopic (exact) mass is 836 g/mol. The second-order valence-electron chi connectivity index (χ2n) is 16.2. The van der Waals surface area contributed by atoms with Crippen LogP contribution < -0.4 is 0 Å². The van der Waals surface area contributed by atoms with Gasteiger partial charge in [0.2, 0.25) is 6.93 Å². The molecule has 0 aromatic carbocycles. The smallest absolute Gasteiger partial charge is 0.379 e. The van der Waals surface area contributed by atoms with Gasteiger partial charge in [0.1, 0.15) is 24.4 Å². The molecule has 0 aromatic heterocycles. The first-order valence-corrected chi connectivity index (χ1v) is 17.9. The molecule has 2 atom stereocenters. The molecule has 334 valence electrons. The molecule has 0 saturated carbocycles. The highest BCUT2D eigenvalue weighted by Gasteiger charge is 2.70. The Bertz CT molecular complexity index is 1170. The Balaban J connectivity index is -0.00000146. The van der Waals surface area contributed by atoms with Crippen LogP contribution >= 0.6 is 0 Å². The van der Waals surface area contributed by atoms with Crippen LogP contribution in [0.2, 0.25) is 0 Å². The van der Waals surface area contributed by atoms with Crippen molar-refractivity contribution in [3.8, 4) is 24.7 Å². The van der Waals surface area contributed by atoms with Gasteiger partial charge in [-0.15, -0.1) is 12.8 Å². The molecule has 0 aromatic rings. The van der Waals surface area contributed by atoms with Gasteiger partial charge in [-0.25, -0.2) is 17.6 Å². The molecule has 0 amide bonds. The van der Waals surface area contributed by atoms with Gasteiger partial charge in [0.05, 0.1) is 48.1 Å². The fourth-order valence-electron chi connectivity index (χ4n) is 4.17. The maximum Gasteiger partial charge on any atom is 0.422 e. The summed E-state index contributed by atoms with van der Waals surface area (Å²) in [6, 6.07) is 0. The third-order valence-corrected chi connectivity index (χ3v) is 8.14. The van der Waals surface area contributed by atoms with Crippen LogP contribution in [0, 0.1) is 24.7 Å². The average molecular weight is 837 g/mol. The zero-order valence-electron chi connectivity index (χ0n) is 35.7. The van der Waals surface area contributed by atoms with Gasteiger partial charge in [0, 0.05) is 13.5 Å². The maximum absolute atomic E-state index is 15.0. The van der Waals surface area contributed by atoms with Crippen molar-refractivity contribution in [3.05, 3.63) is 0 Å². The van der Waals surface area contributed by atoms with Gasteiger partial charge < -0.3 is 33.2 Å². The van der Waals surface area contributed by atoms with E-state index in [0.717, 1.165) is 40.7 Å². The Morgan fingerprint density at radius 3 is 1.32 bits per heavy atom. The van der Waals surface area contributed by atoms with E-state index < -0.39 is 72.0 Å². The van der Waals surface area contributed by atoms with Crippen LogP contribution in [0.25, 0.3) is 0 Å². The van der Waals surface area contributed by atoms with E-state index in [0.29, 0.717) is 27.4 Å². The molecule has 0 rings (SSSR count). The molecule has 0 fully saturated rings. The summed E-state index contributed by atoms with van der Waals surface area (Å²) in [7, 11) is 0. The highest BCUT2D eigenvalue weighted by Crippen LogP contribution is 2.48. The number of terminal acetylenes is 2. The lowest BCUT2D eigenvalue weighted by Crippen LogP contribution is -2.61. The minimum absolute atomic E-state index is 0.0251. The lowest BCUT2D eigenvalue weighted by atomic mass is 9.97. The summed E-state index contributed by atoms with van der Waals surface area (Å²) in [4.78, 5) is 0. The summed E-state index contributed by atoms with van der Waals surface area (Å²) in [5, 5.41) is 0. The van der Waals surface area contributed by atoms with Crippen molar-refractivity contribution in [1.29, 1.82) is 0 Å². The molecule has 56 heavy (non-hydrogen) atoms. The van der Waals surface area contributed by atoms with Gasteiger partial charge in [-0.1, -0.05) is 11.8 Å². The van der Waals surface area contributed by atoms with E-state index in [1.54, 1.807) is 13.8 Å². The van der Waals surface area contributed by atoms with Crippen LogP contribution in [0.4, 0.5) is 43.9 Å². The normalized spacial score (nSPS) is 14.9. The number of hydrogen-bond acceptors (Lipinski definition) is 7. The molecular weight excluding hydrogens is 770 g/mol. The van der Waals surface area contributed by atoms with E-state index in [4.69, 9.17) is 36.5 Å². The summed E-state index contributed by atoms with van der Waals surface area (Å²) in [5.74, 6) is -3.95. The molecule has 2 unspecified atom stereocenters. The van der Waals surface area contributed by atoms with E-state index in [-0.39, 0.29) is 31.3 Å². The molecule has 7 nitrogen and oxygen atoms in total. The van der Waals surface area contributed by atoms with Gasteiger partial charge in [0.25, 0.3) is 5.92 Å².